The van der Waals surface area contributed by atoms with E-state index in [1.807, 2.05) is 0 Å². The molecule has 112 valence electrons. The first kappa shape index (κ1) is 17.9. The minimum atomic E-state index is -0.761. The largest absolute Gasteiger partial charge is 0.481 e. The van der Waals surface area contributed by atoms with Gasteiger partial charge < -0.3 is 16.2 Å². The summed E-state index contributed by atoms with van der Waals surface area (Å²) in [6.45, 7) is 5.42. The van der Waals surface area contributed by atoms with Crippen LogP contribution in [0.25, 0.3) is 0 Å². The van der Waals surface area contributed by atoms with Crippen LogP contribution < -0.4 is 11.1 Å². The predicted molar refractivity (Wildman–Crippen MR) is 75.7 cm³/mol. The SMILES string of the molecule is CC(C)C[C@H](CN)CC(=O)NCCCCCC(=O)O. The molecule has 0 aromatic carbocycles. The van der Waals surface area contributed by atoms with Gasteiger partial charge >= 0.3 is 5.97 Å². The smallest absolute Gasteiger partial charge is 0.303 e. The molecule has 1 atom stereocenters. The zero-order chi connectivity index (χ0) is 14.7. The fourth-order valence-corrected chi connectivity index (χ4v) is 2.07. The van der Waals surface area contributed by atoms with Crippen LogP contribution in [0.5, 0.6) is 0 Å². The van der Waals surface area contributed by atoms with E-state index in [1.54, 1.807) is 0 Å². The maximum absolute atomic E-state index is 11.7. The summed E-state index contributed by atoms with van der Waals surface area (Å²) in [4.78, 5) is 22.0. The summed E-state index contributed by atoms with van der Waals surface area (Å²) in [5.41, 5.74) is 5.66. The van der Waals surface area contributed by atoms with Crippen molar-refractivity contribution in [2.75, 3.05) is 13.1 Å². The topological polar surface area (TPSA) is 92.4 Å². The highest BCUT2D eigenvalue weighted by molar-refractivity contribution is 5.76. The number of carboxylic acids is 1. The summed E-state index contributed by atoms with van der Waals surface area (Å²) in [6, 6.07) is 0. The molecule has 5 heteroatoms. The Labute approximate surface area is 115 Å². The molecule has 0 aliphatic rings. The number of hydrogen-bond acceptors (Lipinski definition) is 3. The third-order valence-corrected chi connectivity index (χ3v) is 3.00. The minimum absolute atomic E-state index is 0.0503. The Morgan fingerprint density at radius 2 is 1.89 bits per heavy atom. The van der Waals surface area contributed by atoms with Crippen molar-refractivity contribution in [1.29, 1.82) is 0 Å². The van der Waals surface area contributed by atoms with Gasteiger partial charge in [0.05, 0.1) is 0 Å². The molecular formula is C14H28N2O3. The second-order valence-corrected chi connectivity index (χ2v) is 5.49. The number of carbonyl (C=O) groups is 2. The zero-order valence-corrected chi connectivity index (χ0v) is 12.2. The van der Waals surface area contributed by atoms with E-state index in [0.717, 1.165) is 19.3 Å². The Morgan fingerprint density at radius 3 is 2.42 bits per heavy atom. The van der Waals surface area contributed by atoms with Gasteiger partial charge in [-0.3, -0.25) is 9.59 Å². The van der Waals surface area contributed by atoms with Gasteiger partial charge in [0.1, 0.15) is 0 Å². The molecule has 0 heterocycles. The summed E-state index contributed by atoms with van der Waals surface area (Å²) in [5.74, 6) is 0.0993. The van der Waals surface area contributed by atoms with Gasteiger partial charge in [0.25, 0.3) is 0 Å². The van der Waals surface area contributed by atoms with E-state index in [2.05, 4.69) is 19.2 Å². The summed E-state index contributed by atoms with van der Waals surface area (Å²) >= 11 is 0. The molecule has 0 spiro atoms. The van der Waals surface area contributed by atoms with Gasteiger partial charge in [-0.15, -0.1) is 0 Å². The second-order valence-electron chi connectivity index (χ2n) is 5.49. The van der Waals surface area contributed by atoms with E-state index in [-0.39, 0.29) is 18.2 Å². The third kappa shape index (κ3) is 11.7. The lowest BCUT2D eigenvalue weighted by Crippen LogP contribution is -2.29. The summed E-state index contributed by atoms with van der Waals surface area (Å²) in [6.07, 6.45) is 4.00. The maximum atomic E-state index is 11.7. The van der Waals surface area contributed by atoms with Gasteiger partial charge in [-0.05, 0) is 37.6 Å². The molecule has 0 unspecified atom stereocenters. The first-order valence-electron chi connectivity index (χ1n) is 7.14. The van der Waals surface area contributed by atoms with Crippen LogP contribution in [0.3, 0.4) is 0 Å². The van der Waals surface area contributed by atoms with Gasteiger partial charge in [-0.1, -0.05) is 20.3 Å². The fourth-order valence-electron chi connectivity index (χ4n) is 2.07. The fraction of sp³-hybridized carbons (Fsp3) is 0.857. The lowest BCUT2D eigenvalue weighted by atomic mass is 9.94. The lowest BCUT2D eigenvalue weighted by Gasteiger charge is -2.16. The number of rotatable bonds is 11. The zero-order valence-electron chi connectivity index (χ0n) is 12.2. The number of carbonyl (C=O) groups excluding carboxylic acids is 1. The van der Waals surface area contributed by atoms with Crippen LogP contribution in [-0.4, -0.2) is 30.1 Å². The number of amides is 1. The Hall–Kier alpha value is -1.10. The van der Waals surface area contributed by atoms with Gasteiger partial charge in [-0.2, -0.15) is 0 Å². The van der Waals surface area contributed by atoms with Crippen LogP contribution in [0, 0.1) is 11.8 Å². The van der Waals surface area contributed by atoms with Crippen molar-refractivity contribution in [2.45, 2.75) is 52.4 Å². The lowest BCUT2D eigenvalue weighted by molar-refractivity contribution is -0.137. The van der Waals surface area contributed by atoms with Crippen LogP contribution in [-0.2, 0) is 9.59 Å². The van der Waals surface area contributed by atoms with Crippen molar-refractivity contribution in [1.82, 2.24) is 5.32 Å². The monoisotopic (exact) mass is 272 g/mol. The van der Waals surface area contributed by atoms with Gasteiger partial charge in [-0.25, -0.2) is 0 Å². The van der Waals surface area contributed by atoms with E-state index in [4.69, 9.17) is 10.8 Å². The van der Waals surface area contributed by atoms with Crippen molar-refractivity contribution >= 4 is 11.9 Å². The van der Waals surface area contributed by atoms with Crippen LogP contribution in [0.4, 0.5) is 0 Å². The molecule has 0 fully saturated rings. The molecule has 19 heavy (non-hydrogen) atoms. The van der Waals surface area contributed by atoms with Crippen molar-refractivity contribution in [3.05, 3.63) is 0 Å². The molecule has 0 saturated carbocycles. The standard InChI is InChI=1S/C14H28N2O3/c1-11(2)8-12(10-15)9-13(17)16-7-5-3-4-6-14(18)19/h11-12H,3-10,15H2,1-2H3,(H,16,17)(H,18,19)/t12-/m0/s1. The first-order chi connectivity index (χ1) is 8.95. The van der Waals surface area contributed by atoms with Gasteiger partial charge in [0.2, 0.25) is 5.91 Å². The van der Waals surface area contributed by atoms with E-state index in [0.29, 0.717) is 31.8 Å². The molecule has 0 radical (unpaired) electrons. The van der Waals surface area contributed by atoms with Crippen LogP contribution >= 0.6 is 0 Å². The molecule has 0 aromatic rings. The average molecular weight is 272 g/mol. The summed E-state index contributed by atoms with van der Waals surface area (Å²) in [7, 11) is 0. The van der Waals surface area contributed by atoms with Crippen molar-refractivity contribution < 1.29 is 14.7 Å². The Balaban J connectivity index is 3.60. The third-order valence-electron chi connectivity index (χ3n) is 3.00. The number of carboxylic acid groups (broad SMARTS) is 1. The number of nitrogens with one attached hydrogen (secondary N) is 1. The van der Waals surface area contributed by atoms with E-state index in [1.165, 1.54) is 0 Å². The molecule has 0 bridgehead atoms. The van der Waals surface area contributed by atoms with Crippen molar-refractivity contribution in [3.8, 4) is 0 Å². The van der Waals surface area contributed by atoms with Crippen LogP contribution in [0.1, 0.15) is 52.4 Å². The molecule has 4 N–H and O–H groups in total. The molecular weight excluding hydrogens is 244 g/mol. The highest BCUT2D eigenvalue weighted by atomic mass is 16.4. The van der Waals surface area contributed by atoms with Gasteiger partial charge in [0.15, 0.2) is 0 Å². The molecule has 5 nitrogen and oxygen atoms in total. The highest BCUT2D eigenvalue weighted by Gasteiger charge is 2.13. The maximum Gasteiger partial charge on any atom is 0.303 e. The highest BCUT2D eigenvalue weighted by Crippen LogP contribution is 2.13. The molecule has 1 amide bonds. The molecule has 0 rings (SSSR count). The molecule has 0 aromatic heterocycles. The molecule has 0 aliphatic carbocycles. The van der Waals surface area contributed by atoms with E-state index >= 15 is 0 Å². The quantitative estimate of drug-likeness (QED) is 0.500. The number of aliphatic carboxylic acids is 1. The Kier molecular flexibility index (Phi) is 10.2. The predicted octanol–water partition coefficient (Wildman–Crippen LogP) is 1.76. The van der Waals surface area contributed by atoms with Crippen LogP contribution in [0.2, 0.25) is 0 Å². The summed E-state index contributed by atoms with van der Waals surface area (Å²) in [5, 5.41) is 11.3. The van der Waals surface area contributed by atoms with Crippen molar-refractivity contribution in [3.63, 3.8) is 0 Å². The van der Waals surface area contributed by atoms with E-state index < -0.39 is 5.97 Å². The number of unbranched alkanes of at least 4 members (excludes halogenated alkanes) is 2. The Bertz CT molecular complexity index is 267. The second kappa shape index (κ2) is 10.8. The Morgan fingerprint density at radius 1 is 1.21 bits per heavy atom. The minimum Gasteiger partial charge on any atom is -0.481 e. The van der Waals surface area contributed by atoms with Gasteiger partial charge in [0, 0.05) is 19.4 Å². The average Bonchev–Trinajstić information content (AvgIpc) is 2.31. The molecule has 0 aliphatic heterocycles. The number of nitrogens with two attached hydrogens (primary N) is 1. The van der Waals surface area contributed by atoms with Crippen LogP contribution in [0.15, 0.2) is 0 Å². The number of hydrogen-bond donors (Lipinski definition) is 3. The first-order valence-corrected chi connectivity index (χ1v) is 7.14. The summed E-state index contributed by atoms with van der Waals surface area (Å²) < 4.78 is 0. The normalized spacial score (nSPS) is 12.4. The van der Waals surface area contributed by atoms with Crippen molar-refractivity contribution in [2.24, 2.45) is 17.6 Å². The molecule has 0 saturated heterocycles. The van der Waals surface area contributed by atoms with E-state index in [9.17, 15) is 9.59 Å².